The van der Waals surface area contributed by atoms with Gasteiger partial charge in [-0.05, 0) is 31.4 Å². The molecule has 8 heteroatoms. The van der Waals surface area contributed by atoms with E-state index in [1.807, 2.05) is 24.3 Å². The number of rotatable bonds is 3. The molecule has 2 aliphatic rings. The maximum Gasteiger partial charge on any atom is 0.268 e. The molecule has 1 aromatic carbocycles. The van der Waals surface area contributed by atoms with Crippen molar-refractivity contribution in [3.05, 3.63) is 36.0 Å². The highest BCUT2D eigenvalue weighted by molar-refractivity contribution is 5.98. The van der Waals surface area contributed by atoms with E-state index in [9.17, 15) is 19.5 Å². The maximum atomic E-state index is 12.8. The first kappa shape index (κ1) is 18.5. The Labute approximate surface area is 162 Å². The SMILES string of the molecule is O=C1CN(C(=O)[C@@H]2C[C@@H](O)[C@H](NC(=O)c3cc4ccccc4[nH]3)C2)CCCN1. The number of carbonyl (C=O) groups excluding carboxylic acids is 3. The molecule has 28 heavy (non-hydrogen) atoms. The minimum Gasteiger partial charge on any atom is -0.391 e. The number of nitrogens with zero attached hydrogens (tertiary/aromatic N) is 1. The molecule has 1 aromatic heterocycles. The second kappa shape index (κ2) is 7.63. The van der Waals surface area contributed by atoms with Gasteiger partial charge in [0.15, 0.2) is 0 Å². The Morgan fingerprint density at radius 3 is 2.86 bits per heavy atom. The molecule has 4 rings (SSSR count). The van der Waals surface area contributed by atoms with Gasteiger partial charge in [0.05, 0.1) is 18.7 Å². The fourth-order valence-corrected chi connectivity index (χ4v) is 4.07. The highest BCUT2D eigenvalue weighted by Crippen LogP contribution is 2.28. The van der Waals surface area contributed by atoms with Crippen LogP contribution in [0.15, 0.2) is 30.3 Å². The molecule has 2 heterocycles. The zero-order valence-electron chi connectivity index (χ0n) is 15.5. The van der Waals surface area contributed by atoms with Crippen LogP contribution in [0, 0.1) is 5.92 Å². The van der Waals surface area contributed by atoms with E-state index in [0.29, 0.717) is 31.6 Å². The van der Waals surface area contributed by atoms with Crippen LogP contribution < -0.4 is 10.6 Å². The van der Waals surface area contributed by atoms with E-state index in [1.54, 1.807) is 11.0 Å². The van der Waals surface area contributed by atoms with Crippen LogP contribution in [0.5, 0.6) is 0 Å². The lowest BCUT2D eigenvalue weighted by Gasteiger charge is -2.22. The molecule has 1 saturated heterocycles. The van der Waals surface area contributed by atoms with Crippen LogP contribution in [0.1, 0.15) is 29.8 Å². The van der Waals surface area contributed by atoms with E-state index in [0.717, 1.165) is 10.9 Å². The summed E-state index contributed by atoms with van der Waals surface area (Å²) in [6, 6.07) is 8.87. The molecule has 1 saturated carbocycles. The van der Waals surface area contributed by atoms with Gasteiger partial charge in [0, 0.05) is 29.9 Å². The number of H-pyrrole nitrogens is 1. The van der Waals surface area contributed by atoms with Crippen LogP contribution in [0.3, 0.4) is 0 Å². The quantitative estimate of drug-likeness (QED) is 0.613. The summed E-state index contributed by atoms with van der Waals surface area (Å²) in [4.78, 5) is 41.7. The molecule has 1 aliphatic carbocycles. The second-order valence-electron chi connectivity index (χ2n) is 7.55. The van der Waals surface area contributed by atoms with Crippen molar-refractivity contribution in [3.8, 4) is 0 Å². The van der Waals surface area contributed by atoms with Gasteiger partial charge in [-0.15, -0.1) is 0 Å². The van der Waals surface area contributed by atoms with Crippen molar-refractivity contribution in [1.82, 2.24) is 20.5 Å². The van der Waals surface area contributed by atoms with Crippen LogP contribution in [0.4, 0.5) is 0 Å². The number of carbonyl (C=O) groups is 3. The molecular weight excluding hydrogens is 360 g/mol. The van der Waals surface area contributed by atoms with Crippen molar-refractivity contribution in [3.63, 3.8) is 0 Å². The molecule has 148 valence electrons. The summed E-state index contributed by atoms with van der Waals surface area (Å²) in [5.74, 6) is -0.983. The first-order valence-electron chi connectivity index (χ1n) is 9.63. The fourth-order valence-electron chi connectivity index (χ4n) is 4.07. The predicted molar refractivity (Wildman–Crippen MR) is 102 cm³/mol. The zero-order valence-corrected chi connectivity index (χ0v) is 15.5. The van der Waals surface area contributed by atoms with Gasteiger partial charge in [0.25, 0.3) is 5.91 Å². The third kappa shape index (κ3) is 3.73. The lowest BCUT2D eigenvalue weighted by atomic mass is 10.1. The molecule has 4 N–H and O–H groups in total. The molecule has 8 nitrogen and oxygen atoms in total. The second-order valence-corrected chi connectivity index (χ2v) is 7.55. The van der Waals surface area contributed by atoms with E-state index in [2.05, 4.69) is 15.6 Å². The third-order valence-electron chi connectivity index (χ3n) is 5.54. The molecule has 2 fully saturated rings. The Balaban J connectivity index is 1.40. The van der Waals surface area contributed by atoms with Crippen molar-refractivity contribution < 1.29 is 19.5 Å². The normalized spacial score (nSPS) is 25.4. The van der Waals surface area contributed by atoms with Gasteiger partial charge in [-0.3, -0.25) is 14.4 Å². The molecule has 2 aromatic rings. The van der Waals surface area contributed by atoms with E-state index < -0.39 is 18.1 Å². The summed E-state index contributed by atoms with van der Waals surface area (Å²) in [7, 11) is 0. The molecule has 3 atom stereocenters. The van der Waals surface area contributed by atoms with Crippen molar-refractivity contribution in [1.29, 1.82) is 0 Å². The van der Waals surface area contributed by atoms with Crippen molar-refractivity contribution >= 4 is 28.6 Å². The van der Waals surface area contributed by atoms with Gasteiger partial charge in [0.1, 0.15) is 5.69 Å². The van der Waals surface area contributed by atoms with Crippen LogP contribution in [-0.4, -0.2) is 64.5 Å². The van der Waals surface area contributed by atoms with E-state index in [1.165, 1.54) is 0 Å². The maximum absolute atomic E-state index is 12.8. The number of fused-ring (bicyclic) bond motifs is 1. The van der Waals surface area contributed by atoms with Gasteiger partial charge in [-0.2, -0.15) is 0 Å². The van der Waals surface area contributed by atoms with Gasteiger partial charge in [0.2, 0.25) is 11.8 Å². The highest BCUT2D eigenvalue weighted by Gasteiger charge is 2.40. The number of amides is 3. The first-order chi connectivity index (χ1) is 13.5. The number of para-hydroxylation sites is 1. The van der Waals surface area contributed by atoms with Gasteiger partial charge >= 0.3 is 0 Å². The van der Waals surface area contributed by atoms with E-state index >= 15 is 0 Å². The summed E-state index contributed by atoms with van der Waals surface area (Å²) in [6.45, 7) is 1.15. The lowest BCUT2D eigenvalue weighted by Crippen LogP contribution is -2.41. The number of aromatic nitrogens is 1. The fraction of sp³-hybridized carbons (Fsp3) is 0.450. The van der Waals surface area contributed by atoms with Gasteiger partial charge in [-0.25, -0.2) is 0 Å². The van der Waals surface area contributed by atoms with Gasteiger partial charge < -0.3 is 25.6 Å². The molecule has 0 spiro atoms. The Morgan fingerprint density at radius 2 is 2.04 bits per heavy atom. The van der Waals surface area contributed by atoms with Crippen LogP contribution >= 0.6 is 0 Å². The minimum absolute atomic E-state index is 0.0531. The smallest absolute Gasteiger partial charge is 0.268 e. The van der Waals surface area contributed by atoms with E-state index in [4.69, 9.17) is 0 Å². The molecule has 0 radical (unpaired) electrons. The largest absolute Gasteiger partial charge is 0.391 e. The lowest BCUT2D eigenvalue weighted by molar-refractivity contribution is -0.138. The summed E-state index contributed by atoms with van der Waals surface area (Å²) < 4.78 is 0. The van der Waals surface area contributed by atoms with Crippen LogP contribution in [-0.2, 0) is 9.59 Å². The average Bonchev–Trinajstić information content (AvgIpc) is 3.20. The topological polar surface area (TPSA) is 115 Å². The number of hydrogen-bond donors (Lipinski definition) is 4. The Morgan fingerprint density at radius 1 is 1.21 bits per heavy atom. The van der Waals surface area contributed by atoms with Gasteiger partial charge in [-0.1, -0.05) is 18.2 Å². The number of hydrogen-bond acceptors (Lipinski definition) is 4. The monoisotopic (exact) mass is 384 g/mol. The summed E-state index contributed by atoms with van der Waals surface area (Å²) in [5.41, 5.74) is 1.29. The first-order valence-corrected chi connectivity index (χ1v) is 9.63. The predicted octanol–water partition coefficient (Wildman–Crippen LogP) is 0.386. The molecule has 3 amide bonds. The van der Waals surface area contributed by atoms with Crippen molar-refractivity contribution in [2.75, 3.05) is 19.6 Å². The third-order valence-corrected chi connectivity index (χ3v) is 5.54. The number of aromatic amines is 1. The number of aliphatic hydroxyl groups is 1. The average molecular weight is 384 g/mol. The Kier molecular flexibility index (Phi) is 5.04. The Bertz CT molecular complexity index is 875. The van der Waals surface area contributed by atoms with Crippen molar-refractivity contribution in [2.24, 2.45) is 5.92 Å². The standard InChI is InChI=1S/C20H24N4O4/c25-17-10-13(20(28)24-7-3-6-21-18(26)11-24)9-15(17)23-19(27)16-8-12-4-1-2-5-14(12)22-16/h1-2,4-5,8,13,15,17,22,25H,3,6-7,9-11H2,(H,21,26)(H,23,27)/t13-,15+,17+/m0/s1. The number of benzene rings is 1. The zero-order chi connectivity index (χ0) is 19.7. The van der Waals surface area contributed by atoms with Crippen LogP contribution in [0.25, 0.3) is 10.9 Å². The summed E-state index contributed by atoms with van der Waals surface area (Å²) >= 11 is 0. The molecule has 1 aliphatic heterocycles. The molecule has 0 unspecified atom stereocenters. The highest BCUT2D eigenvalue weighted by atomic mass is 16.3. The summed E-state index contributed by atoms with van der Waals surface area (Å²) in [6.07, 6.45) is 0.578. The summed E-state index contributed by atoms with van der Waals surface area (Å²) in [5, 5.41) is 16.9. The van der Waals surface area contributed by atoms with Crippen LogP contribution in [0.2, 0.25) is 0 Å². The Hall–Kier alpha value is -2.87. The van der Waals surface area contributed by atoms with Crippen molar-refractivity contribution in [2.45, 2.75) is 31.4 Å². The molecule has 0 bridgehead atoms. The number of aliphatic hydroxyl groups excluding tert-OH is 1. The molecular formula is C20H24N4O4. The van der Waals surface area contributed by atoms with E-state index in [-0.39, 0.29) is 30.7 Å². The minimum atomic E-state index is -0.789. The number of nitrogens with one attached hydrogen (secondary N) is 3.